The lowest BCUT2D eigenvalue weighted by Crippen LogP contribution is -2.36. The molecule has 0 aliphatic heterocycles. The Kier molecular flexibility index (Phi) is 17.0. The van der Waals surface area contributed by atoms with Gasteiger partial charge in [-0.05, 0) is 28.7 Å². The largest absolute Gasteiger partial charge is 0.380 e. The Hall–Kier alpha value is -3.36. The van der Waals surface area contributed by atoms with Crippen LogP contribution in [0.15, 0.2) is 121 Å². The summed E-state index contributed by atoms with van der Waals surface area (Å²) in [5.74, 6) is 0.263. The van der Waals surface area contributed by atoms with Gasteiger partial charge in [-0.1, -0.05) is 142 Å². The average Bonchev–Trinajstić information content (AvgIpc) is 3.13. The number of hydrogen-bond donors (Lipinski definition) is 0. The molecule has 264 valence electrons. The third-order valence-electron chi connectivity index (χ3n) is 8.43. The highest BCUT2D eigenvalue weighted by Gasteiger charge is 2.28. The summed E-state index contributed by atoms with van der Waals surface area (Å²) >= 11 is 0. The zero-order chi connectivity index (χ0) is 34.5. The van der Waals surface area contributed by atoms with E-state index in [0.29, 0.717) is 79.3 Å². The Labute approximate surface area is 294 Å². The van der Waals surface area contributed by atoms with Crippen LogP contribution >= 0.6 is 0 Å². The van der Waals surface area contributed by atoms with Crippen molar-refractivity contribution in [2.24, 2.45) is 16.7 Å². The molecule has 0 bridgehead atoms. The van der Waals surface area contributed by atoms with Crippen LogP contribution in [-0.2, 0) is 54.8 Å². The van der Waals surface area contributed by atoms with Crippen molar-refractivity contribution in [1.82, 2.24) is 0 Å². The Morgan fingerprint density at radius 1 is 0.388 bits per heavy atom. The number of ether oxygens (including phenoxy) is 6. The minimum Gasteiger partial charge on any atom is -0.380 e. The molecule has 6 heteroatoms. The van der Waals surface area contributed by atoms with Gasteiger partial charge >= 0.3 is 0 Å². The SMILES string of the molecule is CCC(COCC(C)(COCc1ccccc1)COCc1ccccc1)COCC(C)(COCc1ccccc1)COCc1ccccc1. The van der Waals surface area contributed by atoms with Crippen LogP contribution in [0.3, 0.4) is 0 Å². The summed E-state index contributed by atoms with van der Waals surface area (Å²) in [7, 11) is 0. The molecule has 0 amide bonds. The summed E-state index contributed by atoms with van der Waals surface area (Å²) in [4.78, 5) is 0. The monoisotopic (exact) mass is 668 g/mol. The fraction of sp³-hybridized carbons (Fsp3) is 0.442. The highest BCUT2D eigenvalue weighted by Crippen LogP contribution is 2.23. The molecule has 0 atom stereocenters. The third-order valence-corrected chi connectivity index (χ3v) is 8.43. The molecule has 6 nitrogen and oxygen atoms in total. The second-order valence-corrected chi connectivity index (χ2v) is 13.8. The van der Waals surface area contributed by atoms with Gasteiger partial charge in [0, 0.05) is 16.7 Å². The Balaban J connectivity index is 1.25. The predicted octanol–water partition coefficient (Wildman–Crippen LogP) is 8.93. The van der Waals surface area contributed by atoms with E-state index in [1.807, 2.05) is 72.8 Å². The van der Waals surface area contributed by atoms with Gasteiger partial charge in [0.2, 0.25) is 0 Å². The van der Waals surface area contributed by atoms with E-state index in [0.717, 1.165) is 28.7 Å². The van der Waals surface area contributed by atoms with Crippen LogP contribution in [0.5, 0.6) is 0 Å². The minimum atomic E-state index is -0.298. The molecule has 0 N–H and O–H groups in total. The van der Waals surface area contributed by atoms with Crippen LogP contribution in [0.4, 0.5) is 0 Å². The van der Waals surface area contributed by atoms with Gasteiger partial charge in [0.1, 0.15) is 0 Å². The quantitative estimate of drug-likeness (QED) is 0.0703. The van der Waals surface area contributed by atoms with E-state index < -0.39 is 0 Å². The minimum absolute atomic E-state index is 0.263. The van der Waals surface area contributed by atoms with Crippen LogP contribution in [0.2, 0.25) is 0 Å². The Bertz CT molecular complexity index is 1190. The molecule has 0 aliphatic carbocycles. The molecular weight excluding hydrogens is 612 g/mol. The van der Waals surface area contributed by atoms with Gasteiger partial charge in [0.25, 0.3) is 0 Å². The first kappa shape index (κ1) is 38.4. The molecule has 0 unspecified atom stereocenters. The highest BCUT2D eigenvalue weighted by atomic mass is 16.5. The average molecular weight is 669 g/mol. The van der Waals surface area contributed by atoms with Crippen molar-refractivity contribution in [3.8, 4) is 0 Å². The molecule has 4 aromatic carbocycles. The van der Waals surface area contributed by atoms with Gasteiger partial charge in [-0.15, -0.1) is 0 Å². The summed E-state index contributed by atoms with van der Waals surface area (Å²) in [6.45, 7) is 13.2. The molecule has 49 heavy (non-hydrogen) atoms. The standard InChI is InChI=1S/C43H56O6/c1-4-37(25-44-31-42(2,33-46-27-38-17-9-5-10-18-38)34-47-28-39-19-11-6-12-20-39)26-45-32-43(3,35-48-29-40-21-13-7-14-22-40)36-49-30-41-23-15-8-16-24-41/h5-24,37H,4,25-36H2,1-3H3. The molecule has 0 fully saturated rings. The highest BCUT2D eigenvalue weighted by molar-refractivity contribution is 5.15. The van der Waals surface area contributed by atoms with E-state index in [9.17, 15) is 0 Å². The third kappa shape index (κ3) is 15.4. The van der Waals surface area contributed by atoms with Crippen LogP contribution in [0.25, 0.3) is 0 Å². The molecule has 0 spiro atoms. The normalized spacial score (nSPS) is 12.1. The lowest BCUT2D eigenvalue weighted by molar-refractivity contribution is -0.0878. The van der Waals surface area contributed by atoms with Crippen molar-refractivity contribution in [3.63, 3.8) is 0 Å². The lowest BCUT2D eigenvalue weighted by atomic mass is 9.94. The van der Waals surface area contributed by atoms with Crippen molar-refractivity contribution >= 4 is 0 Å². The fourth-order valence-corrected chi connectivity index (χ4v) is 5.44. The van der Waals surface area contributed by atoms with Crippen molar-refractivity contribution < 1.29 is 28.4 Å². The zero-order valence-electron chi connectivity index (χ0n) is 29.8. The van der Waals surface area contributed by atoms with Crippen molar-refractivity contribution in [2.75, 3.05) is 52.9 Å². The molecule has 0 saturated heterocycles. The number of rotatable bonds is 25. The zero-order valence-corrected chi connectivity index (χ0v) is 29.8. The second-order valence-electron chi connectivity index (χ2n) is 13.8. The maximum Gasteiger partial charge on any atom is 0.0717 e. The van der Waals surface area contributed by atoms with E-state index in [-0.39, 0.29) is 16.7 Å². The summed E-state index contributed by atoms with van der Waals surface area (Å²) < 4.78 is 37.5. The molecular formula is C43H56O6. The van der Waals surface area contributed by atoms with E-state index in [1.54, 1.807) is 0 Å². The maximum absolute atomic E-state index is 6.38. The summed E-state index contributed by atoms with van der Waals surface area (Å²) in [6.07, 6.45) is 0.956. The van der Waals surface area contributed by atoms with Gasteiger partial charge in [-0.25, -0.2) is 0 Å². The van der Waals surface area contributed by atoms with Gasteiger partial charge in [-0.2, -0.15) is 0 Å². The van der Waals surface area contributed by atoms with Gasteiger partial charge < -0.3 is 28.4 Å². The molecule has 0 heterocycles. The summed E-state index contributed by atoms with van der Waals surface area (Å²) in [5, 5.41) is 0. The van der Waals surface area contributed by atoms with E-state index in [4.69, 9.17) is 28.4 Å². The predicted molar refractivity (Wildman–Crippen MR) is 196 cm³/mol. The fourth-order valence-electron chi connectivity index (χ4n) is 5.44. The summed E-state index contributed by atoms with van der Waals surface area (Å²) in [5.41, 5.74) is 4.02. The molecule has 0 saturated carbocycles. The second kappa shape index (κ2) is 21.7. The first-order valence-corrected chi connectivity index (χ1v) is 17.6. The number of hydrogen-bond acceptors (Lipinski definition) is 6. The molecule has 0 aromatic heterocycles. The smallest absolute Gasteiger partial charge is 0.0717 e. The van der Waals surface area contributed by atoms with Crippen molar-refractivity contribution in [1.29, 1.82) is 0 Å². The summed E-state index contributed by atoms with van der Waals surface area (Å²) in [6, 6.07) is 41.1. The number of benzene rings is 4. The Morgan fingerprint density at radius 3 is 0.878 bits per heavy atom. The molecule has 0 aliphatic rings. The van der Waals surface area contributed by atoms with Gasteiger partial charge in [0.05, 0.1) is 79.3 Å². The molecule has 4 aromatic rings. The van der Waals surface area contributed by atoms with Crippen LogP contribution in [-0.4, -0.2) is 52.9 Å². The topological polar surface area (TPSA) is 55.4 Å². The lowest BCUT2D eigenvalue weighted by Gasteiger charge is -2.31. The van der Waals surface area contributed by atoms with Crippen LogP contribution < -0.4 is 0 Å². The van der Waals surface area contributed by atoms with E-state index in [2.05, 4.69) is 69.3 Å². The first-order valence-electron chi connectivity index (χ1n) is 17.6. The molecule has 4 rings (SSSR count). The molecule has 0 radical (unpaired) electrons. The van der Waals surface area contributed by atoms with Gasteiger partial charge in [0.15, 0.2) is 0 Å². The maximum atomic E-state index is 6.38. The van der Waals surface area contributed by atoms with E-state index in [1.165, 1.54) is 0 Å². The first-order chi connectivity index (χ1) is 24.0. The Morgan fingerprint density at radius 2 is 0.633 bits per heavy atom. The van der Waals surface area contributed by atoms with Crippen LogP contribution in [0, 0.1) is 16.7 Å². The van der Waals surface area contributed by atoms with Gasteiger partial charge in [-0.3, -0.25) is 0 Å². The van der Waals surface area contributed by atoms with E-state index >= 15 is 0 Å². The van der Waals surface area contributed by atoms with Crippen molar-refractivity contribution in [2.45, 2.75) is 53.6 Å². The van der Waals surface area contributed by atoms with Crippen LogP contribution in [0.1, 0.15) is 49.4 Å². The van der Waals surface area contributed by atoms with Crippen molar-refractivity contribution in [3.05, 3.63) is 144 Å².